The van der Waals surface area contributed by atoms with Crippen molar-refractivity contribution in [2.45, 2.75) is 19.4 Å². The topological polar surface area (TPSA) is 26.3 Å². The van der Waals surface area contributed by atoms with Crippen LogP contribution in [-0.2, 0) is 11.2 Å². The third-order valence-corrected chi connectivity index (χ3v) is 3.89. The lowest BCUT2D eigenvalue weighted by atomic mass is 10.1. The molecule has 2 rings (SSSR count). The predicted molar refractivity (Wildman–Crippen MR) is 84.4 cm³/mol. The molecule has 1 atom stereocenters. The number of rotatable bonds is 5. The van der Waals surface area contributed by atoms with Crippen molar-refractivity contribution in [3.05, 3.63) is 63.6 Å². The van der Waals surface area contributed by atoms with Gasteiger partial charge in [0.25, 0.3) is 0 Å². The summed E-state index contributed by atoms with van der Waals surface area (Å²) >= 11 is 9.33. The quantitative estimate of drug-likeness (QED) is 0.780. The lowest BCUT2D eigenvalue weighted by Gasteiger charge is -2.14. The molecule has 0 aliphatic heterocycles. The highest BCUT2D eigenvalue weighted by atomic mass is 79.9. The molecule has 2 aromatic rings. The van der Waals surface area contributed by atoms with Crippen molar-refractivity contribution >= 4 is 33.3 Å². The maximum absolute atomic E-state index is 12.2. The summed E-state index contributed by atoms with van der Waals surface area (Å²) in [4.78, 5) is 12.2. The van der Waals surface area contributed by atoms with Crippen LogP contribution in [-0.4, -0.2) is 11.9 Å². The lowest BCUT2D eigenvalue weighted by molar-refractivity contribution is -0.124. The Balaban J connectivity index is 2.01. The zero-order valence-electron chi connectivity index (χ0n) is 11.0. The first-order chi connectivity index (χ1) is 9.56. The maximum Gasteiger partial charge on any atom is 0.177 e. The predicted octanol–water partition coefficient (Wildman–Crippen LogP) is 4.68. The third-order valence-electron chi connectivity index (χ3n) is 2.88. The van der Waals surface area contributed by atoms with Crippen LogP contribution in [0.2, 0.25) is 5.02 Å². The zero-order chi connectivity index (χ0) is 14.5. The number of Topliss-reactive ketones (excluding diaryl/α,β-unsaturated/α-hetero) is 1. The molecular formula is C16H14BrClO2. The van der Waals surface area contributed by atoms with Crippen LogP contribution >= 0.6 is 27.5 Å². The Morgan fingerprint density at radius 2 is 2.00 bits per heavy atom. The van der Waals surface area contributed by atoms with Gasteiger partial charge in [0.15, 0.2) is 11.9 Å². The van der Waals surface area contributed by atoms with E-state index in [1.807, 2.05) is 24.3 Å². The molecule has 4 heteroatoms. The smallest absolute Gasteiger partial charge is 0.177 e. The third kappa shape index (κ3) is 4.09. The lowest BCUT2D eigenvalue weighted by Crippen LogP contribution is -2.25. The normalized spacial score (nSPS) is 11.9. The molecule has 0 bridgehead atoms. The van der Waals surface area contributed by atoms with Gasteiger partial charge in [-0.25, -0.2) is 0 Å². The van der Waals surface area contributed by atoms with Gasteiger partial charge in [0.1, 0.15) is 5.75 Å². The van der Waals surface area contributed by atoms with Crippen molar-refractivity contribution in [3.8, 4) is 5.75 Å². The van der Waals surface area contributed by atoms with Crippen LogP contribution in [0.4, 0.5) is 0 Å². The molecule has 0 amide bonds. The first-order valence-electron chi connectivity index (χ1n) is 6.24. The van der Waals surface area contributed by atoms with E-state index in [9.17, 15) is 4.79 Å². The van der Waals surface area contributed by atoms with Crippen LogP contribution in [0.3, 0.4) is 0 Å². The van der Waals surface area contributed by atoms with E-state index < -0.39 is 6.10 Å². The second-order valence-electron chi connectivity index (χ2n) is 4.45. The molecule has 0 saturated heterocycles. The number of carbonyl (C=O) groups excluding carboxylic acids is 1. The molecule has 0 radical (unpaired) electrons. The molecule has 20 heavy (non-hydrogen) atoms. The first-order valence-corrected chi connectivity index (χ1v) is 7.41. The van der Waals surface area contributed by atoms with Crippen LogP contribution in [0.15, 0.2) is 53.0 Å². The van der Waals surface area contributed by atoms with Gasteiger partial charge >= 0.3 is 0 Å². The summed E-state index contributed by atoms with van der Waals surface area (Å²) in [6, 6.07) is 14.7. The average Bonchev–Trinajstić information content (AvgIpc) is 2.41. The maximum atomic E-state index is 12.2. The fourth-order valence-corrected chi connectivity index (χ4v) is 2.39. The Morgan fingerprint density at radius 3 is 2.70 bits per heavy atom. The Hall–Kier alpha value is -1.32. The van der Waals surface area contributed by atoms with E-state index in [1.165, 1.54) is 0 Å². The Morgan fingerprint density at radius 1 is 1.25 bits per heavy atom. The van der Waals surface area contributed by atoms with Gasteiger partial charge in [-0.3, -0.25) is 4.79 Å². The number of carbonyl (C=O) groups is 1. The molecule has 0 N–H and O–H groups in total. The van der Waals surface area contributed by atoms with Gasteiger partial charge in [-0.1, -0.05) is 51.8 Å². The van der Waals surface area contributed by atoms with Crippen LogP contribution in [0.25, 0.3) is 0 Å². The molecule has 0 heterocycles. The molecule has 0 spiro atoms. The average molecular weight is 354 g/mol. The van der Waals surface area contributed by atoms with Gasteiger partial charge in [0.05, 0.1) is 0 Å². The van der Waals surface area contributed by atoms with Crippen LogP contribution in [0.1, 0.15) is 12.5 Å². The number of hydrogen-bond acceptors (Lipinski definition) is 2. The van der Waals surface area contributed by atoms with E-state index in [0.717, 1.165) is 10.0 Å². The standard InChI is InChI=1S/C16H14BrClO2/c1-11(20-14-7-4-6-13(18)10-14)16(19)9-12-5-2-3-8-15(12)17/h2-8,10-11H,9H2,1H3. The largest absolute Gasteiger partial charge is 0.483 e. The fourth-order valence-electron chi connectivity index (χ4n) is 1.78. The second-order valence-corrected chi connectivity index (χ2v) is 5.74. The van der Waals surface area contributed by atoms with E-state index in [4.69, 9.17) is 16.3 Å². The van der Waals surface area contributed by atoms with Crippen molar-refractivity contribution in [1.29, 1.82) is 0 Å². The number of benzene rings is 2. The SMILES string of the molecule is CC(Oc1cccc(Cl)c1)C(=O)Cc1ccccc1Br. The van der Waals surface area contributed by atoms with E-state index in [-0.39, 0.29) is 5.78 Å². The van der Waals surface area contributed by atoms with Gasteiger partial charge in [0.2, 0.25) is 0 Å². The summed E-state index contributed by atoms with van der Waals surface area (Å²) in [6.07, 6.45) is -0.177. The molecule has 104 valence electrons. The van der Waals surface area contributed by atoms with Crippen molar-refractivity contribution in [2.24, 2.45) is 0 Å². The summed E-state index contributed by atoms with van der Waals surface area (Å²) in [5, 5.41) is 0.591. The monoisotopic (exact) mass is 352 g/mol. The van der Waals surface area contributed by atoms with Crippen LogP contribution in [0, 0.1) is 0 Å². The minimum atomic E-state index is -0.513. The highest BCUT2D eigenvalue weighted by Crippen LogP contribution is 2.20. The van der Waals surface area contributed by atoms with Crippen molar-refractivity contribution in [1.82, 2.24) is 0 Å². The Kier molecular flexibility index (Phi) is 5.21. The molecule has 0 aliphatic rings. The van der Waals surface area contributed by atoms with E-state index in [2.05, 4.69) is 15.9 Å². The summed E-state index contributed by atoms with van der Waals surface area (Å²) in [5.74, 6) is 0.627. The van der Waals surface area contributed by atoms with Crippen molar-refractivity contribution in [2.75, 3.05) is 0 Å². The number of hydrogen-bond donors (Lipinski definition) is 0. The Bertz CT molecular complexity index is 613. The fraction of sp³-hybridized carbons (Fsp3) is 0.188. The van der Waals surface area contributed by atoms with Gasteiger partial charge in [-0.15, -0.1) is 0 Å². The molecule has 1 unspecified atom stereocenters. The minimum Gasteiger partial charge on any atom is -0.483 e. The molecule has 2 aromatic carbocycles. The van der Waals surface area contributed by atoms with Gasteiger partial charge in [-0.05, 0) is 36.8 Å². The van der Waals surface area contributed by atoms with E-state index >= 15 is 0 Å². The van der Waals surface area contributed by atoms with Crippen LogP contribution in [0.5, 0.6) is 5.75 Å². The van der Waals surface area contributed by atoms with Gasteiger partial charge in [0, 0.05) is 15.9 Å². The summed E-state index contributed by atoms with van der Waals surface area (Å²) < 4.78 is 6.55. The van der Waals surface area contributed by atoms with Gasteiger partial charge < -0.3 is 4.74 Å². The number of ether oxygens (including phenoxy) is 1. The van der Waals surface area contributed by atoms with Crippen LogP contribution < -0.4 is 4.74 Å². The van der Waals surface area contributed by atoms with Crippen molar-refractivity contribution in [3.63, 3.8) is 0 Å². The minimum absolute atomic E-state index is 0.0249. The highest BCUT2D eigenvalue weighted by Gasteiger charge is 2.16. The van der Waals surface area contributed by atoms with Crippen molar-refractivity contribution < 1.29 is 9.53 Å². The number of halogens is 2. The summed E-state index contributed by atoms with van der Waals surface area (Å²) in [5.41, 5.74) is 0.957. The molecule has 0 saturated carbocycles. The van der Waals surface area contributed by atoms with E-state index in [0.29, 0.717) is 17.2 Å². The van der Waals surface area contributed by atoms with Gasteiger partial charge in [-0.2, -0.15) is 0 Å². The molecule has 0 aliphatic carbocycles. The van der Waals surface area contributed by atoms with E-state index in [1.54, 1.807) is 31.2 Å². The Labute approximate surface area is 131 Å². The summed E-state index contributed by atoms with van der Waals surface area (Å²) in [7, 11) is 0. The molecule has 0 fully saturated rings. The highest BCUT2D eigenvalue weighted by molar-refractivity contribution is 9.10. The number of ketones is 1. The molecular weight excluding hydrogens is 340 g/mol. The first kappa shape index (κ1) is 15.1. The zero-order valence-corrected chi connectivity index (χ0v) is 13.3. The molecule has 0 aromatic heterocycles. The molecule has 2 nitrogen and oxygen atoms in total. The summed E-state index contributed by atoms with van der Waals surface area (Å²) in [6.45, 7) is 1.75. The second kappa shape index (κ2) is 6.91.